The van der Waals surface area contributed by atoms with Crippen molar-refractivity contribution in [1.82, 2.24) is 4.57 Å². The number of aromatic nitrogens is 1. The maximum absolute atomic E-state index is 12.4. The number of carbonyl (C=O) groups is 1. The highest BCUT2D eigenvalue weighted by atomic mass is 79.9. The summed E-state index contributed by atoms with van der Waals surface area (Å²) in [6.45, 7) is 4.00. The first-order chi connectivity index (χ1) is 9.92. The third-order valence-electron chi connectivity index (χ3n) is 3.07. The largest absolute Gasteiger partial charge is 0.495 e. The highest BCUT2D eigenvalue weighted by molar-refractivity contribution is 9.10. The van der Waals surface area contributed by atoms with Crippen molar-refractivity contribution in [3.63, 3.8) is 0 Å². The van der Waals surface area contributed by atoms with Gasteiger partial charge in [0.25, 0.3) is 5.91 Å². The lowest BCUT2D eigenvalue weighted by atomic mass is 10.2. The lowest BCUT2D eigenvalue weighted by molar-refractivity contribution is 0.101. The molecule has 2 aromatic rings. The molecule has 0 aliphatic rings. The van der Waals surface area contributed by atoms with Gasteiger partial charge in [-0.25, -0.2) is 0 Å². The van der Waals surface area contributed by atoms with Crippen LogP contribution in [0.5, 0.6) is 5.75 Å². The topological polar surface area (TPSA) is 69.3 Å². The second kappa shape index (κ2) is 6.22. The summed E-state index contributed by atoms with van der Waals surface area (Å²) in [4.78, 5) is 12.4. The fourth-order valence-electron chi connectivity index (χ4n) is 2.04. The minimum atomic E-state index is -0.204. The average Bonchev–Trinajstić information content (AvgIpc) is 2.83. The molecule has 0 aliphatic heterocycles. The summed E-state index contributed by atoms with van der Waals surface area (Å²) in [5.41, 5.74) is 7.55. The summed E-state index contributed by atoms with van der Waals surface area (Å²) in [5.74, 6) is 0.455. The molecular formula is C15H18BrN3O2. The van der Waals surface area contributed by atoms with E-state index in [1.807, 2.05) is 24.5 Å². The number of carbonyl (C=O) groups excluding carboxylic acids is 1. The SMILES string of the molecule is COc1cc(NC(=O)c2cc(N)cn2C(C)C)ccc1Br. The highest BCUT2D eigenvalue weighted by Crippen LogP contribution is 2.28. The van der Waals surface area contributed by atoms with E-state index in [-0.39, 0.29) is 11.9 Å². The Labute approximate surface area is 132 Å². The number of benzene rings is 1. The first-order valence-corrected chi connectivity index (χ1v) is 7.34. The molecule has 2 rings (SSSR count). The van der Waals surface area contributed by atoms with Crippen molar-refractivity contribution in [1.29, 1.82) is 0 Å². The van der Waals surface area contributed by atoms with E-state index < -0.39 is 0 Å². The van der Waals surface area contributed by atoms with Crippen LogP contribution in [0.15, 0.2) is 34.9 Å². The molecule has 1 amide bonds. The molecule has 112 valence electrons. The molecule has 0 fully saturated rings. The standard InChI is InChI=1S/C15H18BrN3O2/c1-9(2)19-8-10(17)6-13(19)15(20)18-11-4-5-12(16)14(7-11)21-3/h4-9H,17H2,1-3H3,(H,18,20). The molecule has 1 aromatic carbocycles. The molecule has 1 aromatic heterocycles. The predicted octanol–water partition coefficient (Wildman–Crippen LogP) is 3.67. The number of nitrogens with two attached hydrogens (primary N) is 1. The van der Waals surface area contributed by atoms with E-state index in [2.05, 4.69) is 21.2 Å². The maximum atomic E-state index is 12.4. The van der Waals surface area contributed by atoms with Crippen LogP contribution in [0, 0.1) is 0 Å². The Hall–Kier alpha value is -1.95. The van der Waals surface area contributed by atoms with Crippen molar-refractivity contribution in [2.45, 2.75) is 19.9 Å². The summed E-state index contributed by atoms with van der Waals surface area (Å²) in [6.07, 6.45) is 1.77. The Morgan fingerprint density at radius 2 is 2.10 bits per heavy atom. The fourth-order valence-corrected chi connectivity index (χ4v) is 2.45. The Kier molecular flexibility index (Phi) is 4.57. The van der Waals surface area contributed by atoms with Crippen molar-refractivity contribution in [2.24, 2.45) is 0 Å². The quantitative estimate of drug-likeness (QED) is 0.882. The number of nitrogen functional groups attached to an aromatic ring is 1. The third kappa shape index (κ3) is 3.39. The van der Waals surface area contributed by atoms with E-state index in [0.717, 1.165) is 4.47 Å². The van der Waals surface area contributed by atoms with Gasteiger partial charge in [0, 0.05) is 24.0 Å². The van der Waals surface area contributed by atoms with Crippen LogP contribution in [0.1, 0.15) is 30.4 Å². The van der Waals surface area contributed by atoms with E-state index >= 15 is 0 Å². The molecule has 0 bridgehead atoms. The first kappa shape index (κ1) is 15.4. The molecule has 0 radical (unpaired) electrons. The summed E-state index contributed by atoms with van der Waals surface area (Å²) < 4.78 is 7.89. The molecular weight excluding hydrogens is 334 g/mol. The number of hydrogen-bond donors (Lipinski definition) is 2. The number of halogens is 1. The minimum absolute atomic E-state index is 0.155. The third-order valence-corrected chi connectivity index (χ3v) is 3.72. The Morgan fingerprint density at radius 1 is 1.38 bits per heavy atom. The van der Waals surface area contributed by atoms with Crippen molar-refractivity contribution < 1.29 is 9.53 Å². The van der Waals surface area contributed by atoms with Gasteiger partial charge >= 0.3 is 0 Å². The molecule has 5 nitrogen and oxygen atoms in total. The average molecular weight is 352 g/mol. The Balaban J connectivity index is 2.26. The molecule has 0 unspecified atom stereocenters. The van der Waals surface area contributed by atoms with Crippen LogP contribution in [-0.4, -0.2) is 17.6 Å². The van der Waals surface area contributed by atoms with Crippen LogP contribution in [0.2, 0.25) is 0 Å². The number of hydrogen-bond acceptors (Lipinski definition) is 3. The van der Waals surface area contributed by atoms with Gasteiger partial charge in [0.1, 0.15) is 11.4 Å². The summed E-state index contributed by atoms with van der Waals surface area (Å²) in [7, 11) is 1.58. The number of nitrogens with one attached hydrogen (secondary N) is 1. The number of anilines is 2. The second-order valence-corrected chi connectivity index (χ2v) is 5.82. The van der Waals surface area contributed by atoms with Crippen LogP contribution in [-0.2, 0) is 0 Å². The van der Waals surface area contributed by atoms with E-state index in [0.29, 0.717) is 22.8 Å². The van der Waals surface area contributed by atoms with E-state index in [1.54, 1.807) is 31.5 Å². The summed E-state index contributed by atoms with van der Waals surface area (Å²) >= 11 is 3.38. The zero-order chi connectivity index (χ0) is 15.6. The molecule has 0 saturated heterocycles. The van der Waals surface area contributed by atoms with Gasteiger partial charge in [-0.3, -0.25) is 4.79 Å². The van der Waals surface area contributed by atoms with Gasteiger partial charge < -0.3 is 20.4 Å². The predicted molar refractivity (Wildman–Crippen MR) is 87.9 cm³/mol. The van der Waals surface area contributed by atoms with Gasteiger partial charge in [-0.1, -0.05) is 0 Å². The maximum Gasteiger partial charge on any atom is 0.272 e. The fraction of sp³-hybridized carbons (Fsp3) is 0.267. The van der Waals surface area contributed by atoms with Gasteiger partial charge in [-0.15, -0.1) is 0 Å². The van der Waals surface area contributed by atoms with Crippen LogP contribution in [0.3, 0.4) is 0 Å². The van der Waals surface area contributed by atoms with Crippen LogP contribution in [0.25, 0.3) is 0 Å². The number of nitrogens with zero attached hydrogens (tertiary/aromatic N) is 1. The monoisotopic (exact) mass is 351 g/mol. The molecule has 0 spiro atoms. The van der Waals surface area contributed by atoms with Crippen molar-refractivity contribution >= 4 is 33.2 Å². The zero-order valence-corrected chi connectivity index (χ0v) is 13.8. The Bertz CT molecular complexity index is 665. The van der Waals surface area contributed by atoms with Crippen molar-refractivity contribution in [3.05, 3.63) is 40.6 Å². The van der Waals surface area contributed by atoms with E-state index in [1.165, 1.54) is 0 Å². The molecule has 21 heavy (non-hydrogen) atoms. The smallest absolute Gasteiger partial charge is 0.272 e. The van der Waals surface area contributed by atoms with Crippen molar-refractivity contribution in [3.8, 4) is 5.75 Å². The second-order valence-electron chi connectivity index (χ2n) is 4.96. The van der Waals surface area contributed by atoms with Gasteiger partial charge in [-0.2, -0.15) is 0 Å². The number of rotatable bonds is 4. The molecule has 6 heteroatoms. The number of ether oxygens (including phenoxy) is 1. The molecule has 0 aliphatic carbocycles. The lowest BCUT2D eigenvalue weighted by Crippen LogP contribution is -2.17. The van der Waals surface area contributed by atoms with E-state index in [9.17, 15) is 4.79 Å². The Morgan fingerprint density at radius 3 is 2.71 bits per heavy atom. The van der Waals surface area contributed by atoms with Crippen LogP contribution in [0.4, 0.5) is 11.4 Å². The molecule has 1 heterocycles. The molecule has 0 saturated carbocycles. The van der Waals surface area contributed by atoms with Gasteiger partial charge in [0.2, 0.25) is 0 Å². The van der Waals surface area contributed by atoms with Gasteiger partial charge in [0.05, 0.1) is 17.3 Å². The zero-order valence-electron chi connectivity index (χ0n) is 12.2. The van der Waals surface area contributed by atoms with Crippen LogP contribution >= 0.6 is 15.9 Å². The van der Waals surface area contributed by atoms with E-state index in [4.69, 9.17) is 10.5 Å². The van der Waals surface area contributed by atoms with Crippen molar-refractivity contribution in [2.75, 3.05) is 18.2 Å². The summed E-state index contributed by atoms with van der Waals surface area (Å²) in [5, 5.41) is 2.85. The van der Waals surface area contributed by atoms with Gasteiger partial charge in [-0.05, 0) is 48.0 Å². The number of amides is 1. The summed E-state index contributed by atoms with van der Waals surface area (Å²) in [6, 6.07) is 7.21. The van der Waals surface area contributed by atoms with Gasteiger partial charge in [0.15, 0.2) is 0 Å². The normalized spacial score (nSPS) is 10.7. The number of methoxy groups -OCH3 is 1. The molecule has 3 N–H and O–H groups in total. The highest BCUT2D eigenvalue weighted by Gasteiger charge is 2.15. The molecule has 0 atom stereocenters. The first-order valence-electron chi connectivity index (χ1n) is 6.54. The lowest BCUT2D eigenvalue weighted by Gasteiger charge is -2.13. The van der Waals surface area contributed by atoms with Crippen LogP contribution < -0.4 is 15.8 Å². The minimum Gasteiger partial charge on any atom is -0.495 e.